The highest BCUT2D eigenvalue weighted by atomic mass is 32.2. The largest absolute Gasteiger partial charge is 0.497 e. The van der Waals surface area contributed by atoms with Crippen molar-refractivity contribution in [3.05, 3.63) is 143 Å². The average Bonchev–Trinajstić information content (AvgIpc) is 3.22. The Morgan fingerprint density at radius 1 is 0.536 bits per heavy atom. The normalized spacial score (nSPS) is 15.3. The molecule has 0 saturated carbocycles. The molecule has 0 aromatic heterocycles. The fraction of sp³-hybridized carbons (Fsp3) is 0.238. The van der Waals surface area contributed by atoms with Crippen LogP contribution in [0.1, 0.15) is 11.1 Å². The fourth-order valence-electron chi connectivity index (χ4n) is 5.77. The zero-order chi connectivity index (χ0) is 40.0. The minimum Gasteiger partial charge on any atom is -0.497 e. The van der Waals surface area contributed by atoms with Gasteiger partial charge in [-0.1, -0.05) is 35.8 Å². The molecular weight excluding hydrogens is 759 g/mol. The first-order valence-electron chi connectivity index (χ1n) is 17.6. The number of nitrogens with zero attached hydrogens (tertiary/aromatic N) is 4. The van der Waals surface area contributed by atoms with Crippen LogP contribution in [0.2, 0.25) is 0 Å². The van der Waals surface area contributed by atoms with Gasteiger partial charge in [0.2, 0.25) is 20.0 Å². The van der Waals surface area contributed by atoms with E-state index in [0.717, 1.165) is 33.3 Å². The second-order valence-corrected chi connectivity index (χ2v) is 16.1. The third kappa shape index (κ3) is 12.2. The van der Waals surface area contributed by atoms with Gasteiger partial charge in [0.15, 0.2) is 0 Å². The van der Waals surface area contributed by atoms with Crippen molar-refractivity contribution in [3.8, 4) is 35.2 Å². The molecule has 4 aromatic carbocycles. The molecule has 2 saturated heterocycles. The Bertz CT molecular complexity index is 2170. The Morgan fingerprint density at radius 3 is 1.23 bits per heavy atom. The van der Waals surface area contributed by atoms with Crippen molar-refractivity contribution in [1.29, 1.82) is 0 Å². The van der Waals surface area contributed by atoms with Gasteiger partial charge in [-0.05, 0) is 84.9 Å². The summed E-state index contributed by atoms with van der Waals surface area (Å²) < 4.78 is 89.1. The van der Waals surface area contributed by atoms with Crippen LogP contribution >= 0.6 is 0 Å². The van der Waals surface area contributed by atoms with E-state index in [1.165, 1.54) is 45.0 Å². The number of hydrogen-bond acceptors (Lipinski definition) is 8. The molecule has 4 aromatic rings. The summed E-state index contributed by atoms with van der Waals surface area (Å²) in [5.74, 6) is 12.1. The highest BCUT2D eigenvalue weighted by Crippen LogP contribution is 2.20. The molecule has 2 fully saturated rings. The molecule has 56 heavy (non-hydrogen) atoms. The van der Waals surface area contributed by atoms with E-state index in [1.54, 1.807) is 50.6 Å². The number of ether oxygens (including phenoxy) is 2. The minimum atomic E-state index is -3.52. The van der Waals surface area contributed by atoms with Crippen LogP contribution in [-0.2, 0) is 20.0 Å². The maximum absolute atomic E-state index is 13.0. The monoisotopic (exact) mass is 800 g/mol. The number of benzene rings is 4. The summed E-state index contributed by atoms with van der Waals surface area (Å²) in [6.45, 7) is 3.67. The summed E-state index contributed by atoms with van der Waals surface area (Å²) in [6.07, 6.45) is 2.70. The van der Waals surface area contributed by atoms with Crippen LogP contribution in [0.3, 0.4) is 0 Å². The molecule has 2 aliphatic heterocycles. The lowest BCUT2D eigenvalue weighted by molar-refractivity contribution is 0.389. The topological polar surface area (TPSA) is 99.7 Å². The van der Waals surface area contributed by atoms with Gasteiger partial charge in [-0.3, -0.25) is 0 Å². The van der Waals surface area contributed by atoms with Gasteiger partial charge in [0, 0.05) is 87.0 Å². The lowest BCUT2D eigenvalue weighted by atomic mass is 10.2. The van der Waals surface area contributed by atoms with Gasteiger partial charge in [-0.25, -0.2) is 25.6 Å². The second-order valence-electron chi connectivity index (χ2n) is 12.4. The van der Waals surface area contributed by atoms with Crippen molar-refractivity contribution in [2.45, 2.75) is 0 Å². The van der Waals surface area contributed by atoms with Crippen molar-refractivity contribution < 1.29 is 35.1 Å². The van der Waals surface area contributed by atoms with E-state index >= 15 is 0 Å². The highest BCUT2D eigenvalue weighted by molar-refractivity contribution is 7.92. The molecule has 10 nitrogen and oxygen atoms in total. The maximum Gasteiger partial charge on any atom is 0.236 e. The van der Waals surface area contributed by atoms with E-state index in [4.69, 9.17) is 9.47 Å². The molecule has 0 radical (unpaired) electrons. The van der Waals surface area contributed by atoms with Gasteiger partial charge in [0.1, 0.15) is 23.1 Å². The van der Waals surface area contributed by atoms with Gasteiger partial charge in [0.05, 0.1) is 25.0 Å². The van der Waals surface area contributed by atoms with Crippen LogP contribution in [0.15, 0.2) is 120 Å². The minimum absolute atomic E-state index is 0.287. The molecule has 0 atom stereocenters. The third-order valence-corrected chi connectivity index (χ3v) is 11.9. The van der Waals surface area contributed by atoms with Gasteiger partial charge >= 0.3 is 0 Å². The fourth-order valence-corrected chi connectivity index (χ4v) is 7.94. The molecule has 0 unspecified atom stereocenters. The number of halogens is 2. The molecule has 0 bridgehead atoms. The number of anilines is 2. The lowest BCUT2D eigenvalue weighted by Crippen LogP contribution is -2.48. The van der Waals surface area contributed by atoms with Crippen molar-refractivity contribution in [2.24, 2.45) is 0 Å². The molecule has 2 aliphatic rings. The number of hydrogen-bond donors (Lipinski definition) is 0. The van der Waals surface area contributed by atoms with E-state index in [-0.39, 0.29) is 11.6 Å². The first kappa shape index (κ1) is 41.5. The zero-order valence-corrected chi connectivity index (χ0v) is 32.6. The summed E-state index contributed by atoms with van der Waals surface area (Å²) in [5.41, 5.74) is 3.26. The average molecular weight is 801 g/mol. The van der Waals surface area contributed by atoms with Crippen LogP contribution in [0.5, 0.6) is 11.5 Å². The Morgan fingerprint density at radius 2 is 0.893 bits per heavy atom. The predicted octanol–water partition coefficient (Wildman–Crippen LogP) is 5.70. The van der Waals surface area contributed by atoms with Crippen LogP contribution in [-0.4, -0.2) is 92.0 Å². The molecule has 292 valence electrons. The lowest BCUT2D eigenvalue weighted by Gasteiger charge is -2.34. The zero-order valence-electron chi connectivity index (χ0n) is 31.0. The molecule has 0 spiro atoms. The van der Waals surface area contributed by atoms with E-state index in [0.29, 0.717) is 63.9 Å². The maximum atomic E-state index is 13.0. The predicted molar refractivity (Wildman–Crippen MR) is 216 cm³/mol. The molecule has 14 heteroatoms. The van der Waals surface area contributed by atoms with Gasteiger partial charge in [-0.15, -0.1) is 0 Å². The van der Waals surface area contributed by atoms with Crippen LogP contribution < -0.4 is 19.3 Å². The van der Waals surface area contributed by atoms with Gasteiger partial charge in [-0.2, -0.15) is 8.61 Å². The molecule has 0 amide bonds. The van der Waals surface area contributed by atoms with Crippen LogP contribution in [0.25, 0.3) is 0 Å². The van der Waals surface area contributed by atoms with Crippen LogP contribution in [0, 0.1) is 35.3 Å². The Kier molecular flexibility index (Phi) is 14.7. The van der Waals surface area contributed by atoms with Gasteiger partial charge in [0.25, 0.3) is 0 Å². The molecular formula is C42H42F2N4O6S2. The first-order valence-corrected chi connectivity index (χ1v) is 20.6. The van der Waals surface area contributed by atoms with E-state index in [1.807, 2.05) is 46.2 Å². The van der Waals surface area contributed by atoms with Crippen molar-refractivity contribution in [2.75, 3.05) is 76.4 Å². The molecule has 0 N–H and O–H groups in total. The quantitative estimate of drug-likeness (QED) is 0.210. The van der Waals surface area contributed by atoms with E-state index in [2.05, 4.69) is 23.7 Å². The van der Waals surface area contributed by atoms with Crippen molar-refractivity contribution in [3.63, 3.8) is 0 Å². The van der Waals surface area contributed by atoms with E-state index < -0.39 is 20.0 Å². The summed E-state index contributed by atoms with van der Waals surface area (Å²) in [5, 5.41) is 2.27. The third-order valence-electron chi connectivity index (χ3n) is 8.80. The number of sulfonamides is 2. The van der Waals surface area contributed by atoms with Crippen molar-refractivity contribution >= 4 is 31.4 Å². The molecule has 0 aliphatic carbocycles. The molecule has 6 rings (SSSR count). The summed E-state index contributed by atoms with van der Waals surface area (Å²) in [4.78, 5) is 4.08. The summed E-state index contributed by atoms with van der Waals surface area (Å²) >= 11 is 0. The number of methoxy groups -OCH3 is 2. The Labute approximate surface area is 328 Å². The first-order chi connectivity index (χ1) is 27.0. The standard InChI is InChI=1S/2C21H21FN2O3S/c2*1-27-21-7-4-6-18(17-21)5-2-3-16-28(25,26)24-14-12-23(13-15-24)20-10-8-19(22)9-11-20/h2*3-4,6-11,16-17H,12-15H2,1H3. The van der Waals surface area contributed by atoms with Crippen LogP contribution in [0.4, 0.5) is 20.2 Å². The highest BCUT2D eigenvalue weighted by Gasteiger charge is 2.26. The van der Waals surface area contributed by atoms with Crippen molar-refractivity contribution in [1.82, 2.24) is 8.61 Å². The molecule has 2 heterocycles. The SMILES string of the molecule is COc1cccc(C#CC=CS(=O)(=O)N2CCN(c3ccc(F)cc3)CC2)c1.COc1cccc(C#CC=CS(=O)(=O)N2CCN(c3ccc(F)cc3)CC2)c1. The number of allylic oxidation sites excluding steroid dienone is 2. The van der Waals surface area contributed by atoms with Gasteiger partial charge < -0.3 is 19.3 Å². The summed E-state index contributed by atoms with van der Waals surface area (Å²) in [6, 6.07) is 26.9. The summed E-state index contributed by atoms with van der Waals surface area (Å²) in [7, 11) is -3.89. The number of piperazine rings is 2. The smallest absolute Gasteiger partial charge is 0.236 e. The Hall–Kier alpha value is -5.64. The Balaban J connectivity index is 0.000000214. The number of rotatable bonds is 8. The second kappa shape index (κ2) is 19.8. The van der Waals surface area contributed by atoms with E-state index in [9.17, 15) is 25.6 Å².